The first-order valence-corrected chi connectivity index (χ1v) is 8.10. The summed E-state index contributed by atoms with van der Waals surface area (Å²) in [6.07, 6.45) is 3.99. The third-order valence-corrected chi connectivity index (χ3v) is 3.91. The molecular formula is C19H20N4O3. The van der Waals surface area contributed by atoms with Gasteiger partial charge in [0.2, 0.25) is 0 Å². The van der Waals surface area contributed by atoms with Gasteiger partial charge in [0.05, 0.1) is 26.3 Å². The molecule has 0 saturated carbocycles. The highest BCUT2D eigenvalue weighted by atomic mass is 16.5. The highest BCUT2D eigenvalue weighted by molar-refractivity contribution is 5.95. The zero-order valence-electron chi connectivity index (χ0n) is 14.7. The summed E-state index contributed by atoms with van der Waals surface area (Å²) in [4.78, 5) is 24.2. The number of hydrogen-bond donors (Lipinski definition) is 2. The summed E-state index contributed by atoms with van der Waals surface area (Å²) in [6, 6.07) is 7.14. The van der Waals surface area contributed by atoms with Gasteiger partial charge in [0.1, 0.15) is 5.82 Å². The first-order chi connectivity index (χ1) is 12.7. The predicted octanol–water partition coefficient (Wildman–Crippen LogP) is 2.63. The van der Waals surface area contributed by atoms with Gasteiger partial charge in [-0.25, -0.2) is 9.97 Å². The molecule has 26 heavy (non-hydrogen) atoms. The molecule has 3 aromatic rings. The number of benzene rings is 1. The number of hydrogen-bond acceptors (Lipinski definition) is 5. The second-order valence-corrected chi connectivity index (χ2v) is 5.60. The lowest BCUT2D eigenvalue weighted by atomic mass is 10.0. The number of carbonyl (C=O) groups excluding carboxylic acids is 1. The van der Waals surface area contributed by atoms with Gasteiger partial charge in [0.25, 0.3) is 5.91 Å². The Morgan fingerprint density at radius 1 is 1.35 bits per heavy atom. The van der Waals surface area contributed by atoms with Crippen LogP contribution in [0.2, 0.25) is 0 Å². The highest BCUT2D eigenvalue weighted by Crippen LogP contribution is 2.33. The Labute approximate surface area is 151 Å². The standard InChI is InChI=1S/C19H20N4O3/c1-4-6-12-9-13(10-15(25-2)17(12)26-3)19(24)21-11-16-22-14-7-5-8-20-18(14)23-16/h4-5,7-10H,1,6,11H2,2-3H3,(H,21,24)(H,20,22,23). The number of aromatic nitrogens is 3. The molecule has 2 heterocycles. The second-order valence-electron chi connectivity index (χ2n) is 5.60. The number of H-pyrrole nitrogens is 1. The van der Waals surface area contributed by atoms with Gasteiger partial charge in [-0.2, -0.15) is 0 Å². The summed E-state index contributed by atoms with van der Waals surface area (Å²) in [5, 5.41) is 2.85. The quantitative estimate of drug-likeness (QED) is 0.638. The molecule has 0 aliphatic heterocycles. The summed E-state index contributed by atoms with van der Waals surface area (Å²) in [6.45, 7) is 4.01. The molecule has 3 rings (SSSR count). The van der Waals surface area contributed by atoms with Crippen LogP contribution in [0.5, 0.6) is 11.5 Å². The fourth-order valence-corrected chi connectivity index (χ4v) is 2.73. The third kappa shape index (κ3) is 3.51. The number of ether oxygens (including phenoxy) is 2. The van der Waals surface area contributed by atoms with Crippen molar-refractivity contribution in [1.82, 2.24) is 20.3 Å². The molecule has 0 radical (unpaired) electrons. The maximum atomic E-state index is 12.6. The smallest absolute Gasteiger partial charge is 0.251 e. The van der Waals surface area contributed by atoms with E-state index >= 15 is 0 Å². The van der Waals surface area contributed by atoms with Gasteiger partial charge in [0.15, 0.2) is 17.1 Å². The summed E-state index contributed by atoms with van der Waals surface area (Å²) < 4.78 is 10.7. The molecule has 2 aromatic heterocycles. The lowest BCUT2D eigenvalue weighted by Crippen LogP contribution is -2.23. The number of allylic oxidation sites excluding steroid dienone is 1. The molecule has 0 atom stereocenters. The number of amides is 1. The van der Waals surface area contributed by atoms with Gasteiger partial charge in [-0.05, 0) is 30.7 Å². The zero-order valence-corrected chi connectivity index (χ0v) is 14.7. The van der Waals surface area contributed by atoms with Crippen molar-refractivity contribution in [1.29, 1.82) is 0 Å². The first kappa shape index (κ1) is 17.5. The lowest BCUT2D eigenvalue weighted by molar-refractivity contribution is 0.0949. The average Bonchev–Trinajstić information content (AvgIpc) is 3.08. The average molecular weight is 352 g/mol. The Kier molecular flexibility index (Phi) is 5.17. The molecule has 1 amide bonds. The van der Waals surface area contributed by atoms with Crippen LogP contribution < -0.4 is 14.8 Å². The van der Waals surface area contributed by atoms with Crippen LogP contribution in [0, 0.1) is 0 Å². The van der Waals surface area contributed by atoms with Gasteiger partial charge in [-0.3, -0.25) is 4.79 Å². The van der Waals surface area contributed by atoms with Gasteiger partial charge in [-0.15, -0.1) is 6.58 Å². The summed E-state index contributed by atoms with van der Waals surface area (Å²) in [5.74, 6) is 1.51. The number of fused-ring (bicyclic) bond motifs is 1. The molecule has 0 spiro atoms. The van der Waals surface area contributed by atoms with Crippen molar-refractivity contribution in [2.75, 3.05) is 14.2 Å². The van der Waals surface area contributed by atoms with E-state index < -0.39 is 0 Å². The van der Waals surface area contributed by atoms with Crippen molar-refractivity contribution in [3.63, 3.8) is 0 Å². The number of nitrogens with one attached hydrogen (secondary N) is 2. The van der Waals surface area contributed by atoms with Crippen molar-refractivity contribution < 1.29 is 14.3 Å². The molecule has 0 fully saturated rings. The normalized spacial score (nSPS) is 10.5. The second kappa shape index (κ2) is 7.69. The summed E-state index contributed by atoms with van der Waals surface area (Å²) in [7, 11) is 3.11. The Hall–Kier alpha value is -3.35. The Morgan fingerprint density at radius 2 is 2.19 bits per heavy atom. The van der Waals surface area contributed by atoms with Crippen molar-refractivity contribution in [2.24, 2.45) is 0 Å². The van der Waals surface area contributed by atoms with E-state index in [1.54, 1.807) is 38.6 Å². The summed E-state index contributed by atoms with van der Waals surface area (Å²) >= 11 is 0. The van der Waals surface area contributed by atoms with Crippen molar-refractivity contribution >= 4 is 17.1 Å². The number of nitrogens with zero attached hydrogens (tertiary/aromatic N) is 2. The third-order valence-electron chi connectivity index (χ3n) is 3.91. The molecule has 1 aromatic carbocycles. The molecule has 0 aliphatic carbocycles. The lowest BCUT2D eigenvalue weighted by Gasteiger charge is -2.14. The van der Waals surface area contributed by atoms with Gasteiger partial charge >= 0.3 is 0 Å². The molecule has 0 saturated heterocycles. The van der Waals surface area contributed by atoms with E-state index in [0.29, 0.717) is 35.0 Å². The number of carbonyl (C=O) groups is 1. The topological polar surface area (TPSA) is 89.1 Å². The maximum absolute atomic E-state index is 12.6. The maximum Gasteiger partial charge on any atom is 0.251 e. The molecule has 7 heteroatoms. The molecular weight excluding hydrogens is 332 g/mol. The Morgan fingerprint density at radius 3 is 2.88 bits per heavy atom. The zero-order chi connectivity index (χ0) is 18.5. The predicted molar refractivity (Wildman–Crippen MR) is 98.5 cm³/mol. The highest BCUT2D eigenvalue weighted by Gasteiger charge is 2.16. The molecule has 134 valence electrons. The number of methoxy groups -OCH3 is 2. The number of imidazole rings is 1. The van der Waals surface area contributed by atoms with Gasteiger partial charge < -0.3 is 19.8 Å². The van der Waals surface area contributed by atoms with Crippen LogP contribution in [-0.2, 0) is 13.0 Å². The van der Waals surface area contributed by atoms with E-state index in [0.717, 1.165) is 11.1 Å². The Bertz CT molecular complexity index is 916. The van der Waals surface area contributed by atoms with Crippen LogP contribution in [0.3, 0.4) is 0 Å². The van der Waals surface area contributed by atoms with Gasteiger partial charge in [-0.1, -0.05) is 6.08 Å². The Balaban J connectivity index is 1.80. The van der Waals surface area contributed by atoms with Gasteiger partial charge in [0, 0.05) is 17.3 Å². The van der Waals surface area contributed by atoms with Crippen LogP contribution >= 0.6 is 0 Å². The fraction of sp³-hybridized carbons (Fsp3) is 0.211. The van der Waals surface area contributed by atoms with Crippen molar-refractivity contribution in [3.8, 4) is 11.5 Å². The number of rotatable bonds is 7. The minimum absolute atomic E-state index is 0.232. The minimum Gasteiger partial charge on any atom is -0.493 e. The number of aromatic amines is 1. The van der Waals surface area contributed by atoms with Crippen LogP contribution in [0.4, 0.5) is 0 Å². The van der Waals surface area contributed by atoms with Crippen LogP contribution in [0.1, 0.15) is 21.7 Å². The minimum atomic E-state index is -0.232. The van der Waals surface area contributed by atoms with E-state index in [1.807, 2.05) is 12.1 Å². The monoisotopic (exact) mass is 352 g/mol. The molecule has 0 bridgehead atoms. The van der Waals surface area contributed by atoms with E-state index in [4.69, 9.17) is 9.47 Å². The van der Waals surface area contributed by atoms with Crippen molar-refractivity contribution in [3.05, 3.63) is 60.1 Å². The van der Waals surface area contributed by atoms with Crippen molar-refractivity contribution in [2.45, 2.75) is 13.0 Å². The molecule has 0 aliphatic rings. The fourth-order valence-electron chi connectivity index (χ4n) is 2.73. The van der Waals surface area contributed by atoms with Crippen LogP contribution in [0.15, 0.2) is 43.1 Å². The van der Waals surface area contributed by atoms with E-state index in [9.17, 15) is 4.79 Å². The van der Waals surface area contributed by atoms with Crippen LogP contribution in [0.25, 0.3) is 11.2 Å². The first-order valence-electron chi connectivity index (χ1n) is 8.10. The van der Waals surface area contributed by atoms with E-state index in [2.05, 4.69) is 26.8 Å². The van der Waals surface area contributed by atoms with Crippen LogP contribution in [-0.4, -0.2) is 35.1 Å². The number of pyridine rings is 1. The van der Waals surface area contributed by atoms with E-state index in [1.165, 1.54) is 0 Å². The molecule has 0 unspecified atom stereocenters. The molecule has 2 N–H and O–H groups in total. The largest absolute Gasteiger partial charge is 0.493 e. The van der Waals surface area contributed by atoms with E-state index in [-0.39, 0.29) is 12.5 Å². The SMILES string of the molecule is C=CCc1cc(C(=O)NCc2nc3ncccc3[nH]2)cc(OC)c1OC. The molecule has 7 nitrogen and oxygen atoms in total. The summed E-state index contributed by atoms with van der Waals surface area (Å²) in [5.41, 5.74) is 2.76.